The van der Waals surface area contributed by atoms with Crippen molar-refractivity contribution in [2.75, 3.05) is 42.2 Å². The molecular weight excluding hydrogens is 473 g/mol. The summed E-state index contributed by atoms with van der Waals surface area (Å²) in [5.74, 6) is -0.0731. The number of hydrogen-bond acceptors (Lipinski definition) is 4. The smallest absolute Gasteiger partial charge is 0.215 e. The molecule has 0 atom stereocenters. The van der Waals surface area contributed by atoms with Crippen molar-refractivity contribution in [3.05, 3.63) is 29.8 Å². The molecule has 2 rings (SSSR count). The molecule has 1 aliphatic rings. The number of rotatable bonds is 5. The zero-order valence-electron chi connectivity index (χ0n) is 12.7. The molecule has 1 aliphatic heterocycles. The lowest BCUT2D eigenvalue weighted by atomic mass is 10.3. The number of guanidine groups is 1. The fourth-order valence-corrected chi connectivity index (χ4v) is 4.46. The molecule has 0 bridgehead atoms. The van der Waals surface area contributed by atoms with Crippen molar-refractivity contribution in [2.45, 2.75) is 0 Å². The molecule has 1 aromatic carbocycles. The quantitative estimate of drug-likeness (QED) is 0.371. The molecule has 11 heteroatoms. The summed E-state index contributed by atoms with van der Waals surface area (Å²) in [5, 5.41) is 2.42. The van der Waals surface area contributed by atoms with Crippen molar-refractivity contribution < 1.29 is 17.2 Å². The third-order valence-corrected chi connectivity index (χ3v) is 5.98. The van der Waals surface area contributed by atoms with E-state index in [0.29, 0.717) is 13.1 Å². The highest BCUT2D eigenvalue weighted by Crippen LogP contribution is 2.15. The van der Waals surface area contributed by atoms with Gasteiger partial charge in [0.05, 0.1) is 18.0 Å². The Balaban J connectivity index is 0.00000288. The van der Waals surface area contributed by atoms with E-state index in [1.807, 2.05) is 0 Å². The van der Waals surface area contributed by atoms with Crippen LogP contribution in [0.4, 0.5) is 14.5 Å². The molecule has 0 unspecified atom stereocenters. The molecule has 6 nitrogen and oxygen atoms in total. The Morgan fingerprint density at radius 2 is 2.00 bits per heavy atom. The third kappa shape index (κ3) is 6.33. The fraction of sp³-hybridized carbons (Fsp3) is 0.462. The first-order valence-electron chi connectivity index (χ1n) is 6.96. The summed E-state index contributed by atoms with van der Waals surface area (Å²) < 4.78 is 52.1. The van der Waals surface area contributed by atoms with E-state index >= 15 is 0 Å². The minimum atomic E-state index is -3.37. The average Bonchev–Trinajstić information content (AvgIpc) is 2.51. The number of halogens is 3. The van der Waals surface area contributed by atoms with Gasteiger partial charge in [0.25, 0.3) is 0 Å². The van der Waals surface area contributed by atoms with E-state index in [0.717, 1.165) is 29.7 Å². The van der Waals surface area contributed by atoms with Crippen molar-refractivity contribution in [1.29, 1.82) is 0 Å². The van der Waals surface area contributed by atoms with Crippen molar-refractivity contribution >= 4 is 57.4 Å². The lowest BCUT2D eigenvalue weighted by Gasteiger charge is -2.25. The Hall–Kier alpha value is -0.660. The number of nitrogens with two attached hydrogens (primary N) is 1. The first kappa shape index (κ1) is 21.4. The largest absolute Gasteiger partial charge is 0.370 e. The lowest BCUT2D eigenvalue weighted by molar-refractivity contribution is 0.444. The van der Waals surface area contributed by atoms with Gasteiger partial charge < -0.3 is 11.1 Å². The first-order valence-corrected chi connectivity index (χ1v) is 9.72. The molecule has 1 heterocycles. The van der Waals surface area contributed by atoms with Gasteiger partial charge in [-0.15, -0.1) is 24.0 Å². The maximum atomic E-state index is 13.4. The van der Waals surface area contributed by atoms with Gasteiger partial charge in [-0.25, -0.2) is 21.5 Å². The second kappa shape index (κ2) is 9.73. The van der Waals surface area contributed by atoms with Crippen LogP contribution in [-0.4, -0.2) is 55.6 Å². The van der Waals surface area contributed by atoms with Crippen molar-refractivity contribution in [1.82, 2.24) is 4.31 Å². The number of nitrogens with one attached hydrogen (secondary N) is 1. The van der Waals surface area contributed by atoms with Gasteiger partial charge in [-0.1, -0.05) is 0 Å². The van der Waals surface area contributed by atoms with E-state index in [1.165, 1.54) is 4.31 Å². The number of benzene rings is 1. The van der Waals surface area contributed by atoms with Crippen LogP contribution in [0.25, 0.3) is 0 Å². The molecule has 1 aromatic rings. The average molecular weight is 492 g/mol. The Morgan fingerprint density at radius 1 is 1.33 bits per heavy atom. The predicted octanol–water partition coefficient (Wildman–Crippen LogP) is 1.69. The van der Waals surface area contributed by atoms with E-state index in [4.69, 9.17) is 5.73 Å². The van der Waals surface area contributed by atoms with Gasteiger partial charge >= 0.3 is 0 Å². The molecule has 1 saturated heterocycles. The van der Waals surface area contributed by atoms with Crippen LogP contribution in [0.15, 0.2) is 23.2 Å². The van der Waals surface area contributed by atoms with Gasteiger partial charge in [0.2, 0.25) is 10.0 Å². The standard InChI is InChI=1S/C13H18F2N4O2S2.HI/c14-10-1-2-11(15)12(9-10)18-13(16)17-3-8-23(20,21)19-4-6-22-7-5-19;/h1-2,9H,3-8H2,(H3,16,17,18);1H. The fourth-order valence-electron chi connectivity index (χ4n) is 2.01. The second-order valence-corrected chi connectivity index (χ2v) is 8.16. The Labute approximate surface area is 161 Å². The summed E-state index contributed by atoms with van der Waals surface area (Å²) in [6, 6.07) is 2.89. The zero-order valence-corrected chi connectivity index (χ0v) is 16.7. The third-order valence-electron chi connectivity index (χ3n) is 3.19. The van der Waals surface area contributed by atoms with Crippen LogP contribution in [0, 0.1) is 11.6 Å². The van der Waals surface area contributed by atoms with Crippen LogP contribution in [0.1, 0.15) is 0 Å². The monoisotopic (exact) mass is 492 g/mol. The van der Waals surface area contributed by atoms with Gasteiger partial charge in [-0.05, 0) is 12.1 Å². The highest BCUT2D eigenvalue weighted by molar-refractivity contribution is 14.0. The number of hydrogen-bond donors (Lipinski definition) is 2. The maximum Gasteiger partial charge on any atom is 0.215 e. The highest BCUT2D eigenvalue weighted by atomic mass is 127. The van der Waals surface area contributed by atoms with Gasteiger partial charge in [0.1, 0.15) is 11.6 Å². The van der Waals surface area contributed by atoms with Crippen LogP contribution >= 0.6 is 35.7 Å². The summed E-state index contributed by atoms with van der Waals surface area (Å²) in [5.41, 5.74) is 5.42. The molecular formula is C13H19F2IN4O2S2. The van der Waals surface area contributed by atoms with Crippen molar-refractivity contribution in [3.63, 3.8) is 0 Å². The normalized spacial score (nSPS) is 16.5. The topological polar surface area (TPSA) is 87.8 Å². The van der Waals surface area contributed by atoms with Crippen LogP contribution in [0.2, 0.25) is 0 Å². The molecule has 0 saturated carbocycles. The highest BCUT2D eigenvalue weighted by Gasteiger charge is 2.23. The van der Waals surface area contributed by atoms with Crippen LogP contribution < -0.4 is 11.1 Å². The van der Waals surface area contributed by atoms with Crippen LogP contribution in [0.5, 0.6) is 0 Å². The van der Waals surface area contributed by atoms with E-state index in [9.17, 15) is 17.2 Å². The van der Waals surface area contributed by atoms with Crippen molar-refractivity contribution in [2.24, 2.45) is 10.7 Å². The summed E-state index contributed by atoms with van der Waals surface area (Å²) in [6.45, 7) is 0.944. The molecule has 136 valence electrons. The molecule has 0 aromatic heterocycles. The van der Waals surface area contributed by atoms with Crippen molar-refractivity contribution in [3.8, 4) is 0 Å². The van der Waals surface area contributed by atoms with Crippen LogP contribution in [0.3, 0.4) is 0 Å². The number of anilines is 1. The first-order chi connectivity index (χ1) is 10.9. The van der Waals surface area contributed by atoms with E-state index in [-0.39, 0.29) is 47.9 Å². The van der Waals surface area contributed by atoms with Crippen LogP contribution in [-0.2, 0) is 10.0 Å². The molecule has 24 heavy (non-hydrogen) atoms. The van der Waals surface area contributed by atoms with Gasteiger partial charge in [-0.2, -0.15) is 11.8 Å². The number of thioether (sulfide) groups is 1. The molecule has 3 N–H and O–H groups in total. The number of nitrogens with zero attached hydrogens (tertiary/aromatic N) is 2. The summed E-state index contributed by atoms with van der Waals surface area (Å²) in [7, 11) is -3.37. The Bertz CT molecular complexity index is 683. The maximum absolute atomic E-state index is 13.4. The van der Waals surface area contributed by atoms with Gasteiger partial charge in [0, 0.05) is 30.7 Å². The second-order valence-electron chi connectivity index (χ2n) is 4.84. The minimum absolute atomic E-state index is 0. The zero-order chi connectivity index (χ0) is 16.9. The summed E-state index contributed by atoms with van der Waals surface area (Å²) in [6.07, 6.45) is 0. The van der Waals surface area contributed by atoms with Gasteiger partial charge in [-0.3, -0.25) is 4.99 Å². The van der Waals surface area contributed by atoms with E-state index in [2.05, 4.69) is 10.3 Å². The molecule has 0 aliphatic carbocycles. The number of aliphatic imine (C=N–C) groups is 1. The Morgan fingerprint density at radius 3 is 2.67 bits per heavy atom. The minimum Gasteiger partial charge on any atom is -0.370 e. The summed E-state index contributed by atoms with van der Waals surface area (Å²) >= 11 is 1.72. The molecule has 1 fully saturated rings. The lowest BCUT2D eigenvalue weighted by Crippen LogP contribution is -2.40. The SMILES string of the molecule is I.NC(=NCCS(=O)(=O)N1CCSCC1)Nc1cc(F)ccc1F. The summed E-state index contributed by atoms with van der Waals surface area (Å²) in [4.78, 5) is 3.85. The molecule has 0 spiro atoms. The van der Waals surface area contributed by atoms with E-state index in [1.54, 1.807) is 11.8 Å². The molecule has 0 amide bonds. The Kier molecular flexibility index (Phi) is 8.67. The van der Waals surface area contributed by atoms with Gasteiger partial charge in [0.15, 0.2) is 5.96 Å². The number of sulfonamides is 1. The molecule has 0 radical (unpaired) electrons. The van der Waals surface area contributed by atoms with E-state index < -0.39 is 21.7 Å². The predicted molar refractivity (Wildman–Crippen MR) is 105 cm³/mol.